The van der Waals surface area contributed by atoms with Crippen LogP contribution < -0.4 is 10.1 Å². The minimum atomic E-state index is -0.734. The molecule has 0 atom stereocenters. The van der Waals surface area contributed by atoms with E-state index >= 15 is 0 Å². The van der Waals surface area contributed by atoms with E-state index in [0.29, 0.717) is 0 Å². The van der Waals surface area contributed by atoms with Crippen molar-refractivity contribution in [3.63, 3.8) is 0 Å². The first-order valence-corrected chi connectivity index (χ1v) is 6.90. The van der Waals surface area contributed by atoms with Crippen LogP contribution in [-0.4, -0.2) is 12.5 Å². The second-order valence-electron chi connectivity index (χ2n) is 5.07. The number of aryl methyl sites for hydroxylation is 2. The molecule has 1 N–H and O–H groups in total. The van der Waals surface area contributed by atoms with Gasteiger partial charge >= 0.3 is 0 Å². The average molecular weight is 305 g/mol. The summed E-state index contributed by atoms with van der Waals surface area (Å²) >= 11 is 0. The van der Waals surface area contributed by atoms with Gasteiger partial charge in [0, 0.05) is 11.8 Å². The molecular formula is C17H17F2NO2. The van der Waals surface area contributed by atoms with Crippen LogP contribution in [0.4, 0.5) is 14.5 Å². The Labute approximate surface area is 127 Å². The molecule has 22 heavy (non-hydrogen) atoms. The number of amides is 1. The van der Waals surface area contributed by atoms with E-state index in [1.54, 1.807) is 0 Å². The zero-order valence-corrected chi connectivity index (χ0v) is 12.5. The largest absolute Gasteiger partial charge is 0.493 e. The first-order chi connectivity index (χ1) is 10.4. The highest BCUT2D eigenvalue weighted by Crippen LogP contribution is 2.19. The molecule has 5 heteroatoms. The summed E-state index contributed by atoms with van der Waals surface area (Å²) in [5.41, 5.74) is 2.15. The predicted octanol–water partition coefficient (Wildman–Crippen LogP) is 3.99. The number of benzene rings is 2. The molecule has 0 radical (unpaired) electrons. The van der Waals surface area contributed by atoms with Crippen molar-refractivity contribution in [3.8, 4) is 5.75 Å². The Balaban J connectivity index is 1.86. The summed E-state index contributed by atoms with van der Waals surface area (Å²) in [6.07, 6.45) is 0.0888. The summed E-state index contributed by atoms with van der Waals surface area (Å²) in [7, 11) is 0. The van der Waals surface area contributed by atoms with Crippen molar-refractivity contribution >= 4 is 11.6 Å². The Bertz CT molecular complexity index is 666. The maximum Gasteiger partial charge on any atom is 0.227 e. The summed E-state index contributed by atoms with van der Waals surface area (Å²) in [5.74, 6) is -1.11. The van der Waals surface area contributed by atoms with Crippen molar-refractivity contribution in [3.05, 3.63) is 59.2 Å². The van der Waals surface area contributed by atoms with E-state index in [1.807, 2.05) is 32.0 Å². The Morgan fingerprint density at radius 2 is 1.77 bits per heavy atom. The van der Waals surface area contributed by atoms with E-state index in [2.05, 4.69) is 5.32 Å². The number of hydrogen-bond acceptors (Lipinski definition) is 2. The highest BCUT2D eigenvalue weighted by atomic mass is 19.1. The van der Waals surface area contributed by atoms with Gasteiger partial charge in [-0.3, -0.25) is 4.79 Å². The molecule has 0 bridgehead atoms. The van der Waals surface area contributed by atoms with Crippen LogP contribution in [0.5, 0.6) is 5.75 Å². The Hall–Kier alpha value is -2.43. The third kappa shape index (κ3) is 4.55. The number of nitrogens with one attached hydrogen (secondary N) is 1. The molecule has 0 unspecified atom stereocenters. The summed E-state index contributed by atoms with van der Waals surface area (Å²) in [5, 5.41) is 2.44. The van der Waals surface area contributed by atoms with Crippen molar-refractivity contribution in [2.75, 3.05) is 11.9 Å². The van der Waals surface area contributed by atoms with Crippen LogP contribution in [0.15, 0.2) is 36.4 Å². The van der Waals surface area contributed by atoms with Gasteiger partial charge in [0.2, 0.25) is 5.91 Å². The molecule has 0 aliphatic heterocycles. The Kier molecular flexibility index (Phi) is 5.09. The topological polar surface area (TPSA) is 38.3 Å². The van der Waals surface area contributed by atoms with Crippen LogP contribution in [0.3, 0.4) is 0 Å². The molecule has 0 heterocycles. The second-order valence-corrected chi connectivity index (χ2v) is 5.07. The molecule has 0 aromatic heterocycles. The standard InChI is InChI=1S/C17H17F2NO2/c1-11-3-4-12(2)16(7-11)22-6-5-17(21)20-15-9-13(18)8-14(19)10-15/h3-4,7-10H,5-6H2,1-2H3,(H,20,21). The molecule has 116 valence electrons. The molecule has 0 saturated carbocycles. The van der Waals surface area contributed by atoms with Gasteiger partial charge in [0.15, 0.2) is 0 Å². The monoisotopic (exact) mass is 305 g/mol. The van der Waals surface area contributed by atoms with Crippen molar-refractivity contribution in [2.45, 2.75) is 20.3 Å². The first-order valence-electron chi connectivity index (χ1n) is 6.90. The smallest absolute Gasteiger partial charge is 0.227 e. The zero-order valence-electron chi connectivity index (χ0n) is 12.5. The Morgan fingerprint density at radius 1 is 1.09 bits per heavy atom. The number of carbonyl (C=O) groups is 1. The maximum atomic E-state index is 13.0. The fourth-order valence-corrected chi connectivity index (χ4v) is 1.97. The van der Waals surface area contributed by atoms with E-state index in [4.69, 9.17) is 4.74 Å². The summed E-state index contributed by atoms with van der Waals surface area (Å²) < 4.78 is 31.6. The van der Waals surface area contributed by atoms with Gasteiger partial charge in [-0.1, -0.05) is 12.1 Å². The number of halogens is 2. The van der Waals surface area contributed by atoms with Gasteiger partial charge in [0.05, 0.1) is 13.0 Å². The molecule has 0 aliphatic rings. The highest BCUT2D eigenvalue weighted by Gasteiger charge is 2.07. The van der Waals surface area contributed by atoms with Crippen molar-refractivity contribution in [1.29, 1.82) is 0 Å². The van der Waals surface area contributed by atoms with Crippen LogP contribution in [0.25, 0.3) is 0 Å². The molecule has 2 rings (SSSR count). The third-order valence-corrected chi connectivity index (χ3v) is 3.08. The zero-order chi connectivity index (χ0) is 16.1. The molecule has 2 aromatic carbocycles. The number of hydrogen-bond donors (Lipinski definition) is 1. The van der Waals surface area contributed by atoms with E-state index in [0.717, 1.165) is 35.1 Å². The third-order valence-electron chi connectivity index (χ3n) is 3.08. The molecule has 1 amide bonds. The predicted molar refractivity (Wildman–Crippen MR) is 81.0 cm³/mol. The van der Waals surface area contributed by atoms with Crippen molar-refractivity contribution < 1.29 is 18.3 Å². The number of anilines is 1. The van der Waals surface area contributed by atoms with Gasteiger partial charge in [-0.15, -0.1) is 0 Å². The lowest BCUT2D eigenvalue weighted by atomic mass is 10.1. The SMILES string of the molecule is Cc1ccc(C)c(OCCC(=O)Nc2cc(F)cc(F)c2)c1. The van der Waals surface area contributed by atoms with Gasteiger partial charge in [0.25, 0.3) is 0 Å². The minimum Gasteiger partial charge on any atom is -0.493 e. The van der Waals surface area contributed by atoms with Crippen LogP contribution in [0, 0.1) is 25.5 Å². The van der Waals surface area contributed by atoms with E-state index in [9.17, 15) is 13.6 Å². The highest BCUT2D eigenvalue weighted by molar-refractivity contribution is 5.90. The lowest BCUT2D eigenvalue weighted by Crippen LogP contribution is -2.15. The molecule has 3 nitrogen and oxygen atoms in total. The van der Waals surface area contributed by atoms with Gasteiger partial charge in [-0.25, -0.2) is 8.78 Å². The first kappa shape index (κ1) is 15.9. The van der Waals surface area contributed by atoms with Gasteiger partial charge < -0.3 is 10.1 Å². The molecule has 0 saturated heterocycles. The summed E-state index contributed by atoms with van der Waals surface area (Å²) in [6.45, 7) is 4.07. The maximum absolute atomic E-state index is 13.0. The van der Waals surface area contributed by atoms with Crippen LogP contribution >= 0.6 is 0 Å². The lowest BCUT2D eigenvalue weighted by Gasteiger charge is -2.10. The number of ether oxygens (including phenoxy) is 1. The molecule has 0 spiro atoms. The number of rotatable bonds is 5. The van der Waals surface area contributed by atoms with Gasteiger partial charge in [-0.05, 0) is 43.2 Å². The summed E-state index contributed by atoms with van der Waals surface area (Å²) in [6, 6.07) is 8.70. The van der Waals surface area contributed by atoms with Gasteiger partial charge in [-0.2, -0.15) is 0 Å². The summed E-state index contributed by atoms with van der Waals surface area (Å²) in [4.78, 5) is 11.7. The van der Waals surface area contributed by atoms with Gasteiger partial charge in [0.1, 0.15) is 17.4 Å². The fraction of sp³-hybridized carbons (Fsp3) is 0.235. The lowest BCUT2D eigenvalue weighted by molar-refractivity contribution is -0.116. The van der Waals surface area contributed by atoms with E-state index in [1.165, 1.54) is 0 Å². The Morgan fingerprint density at radius 3 is 2.45 bits per heavy atom. The fourth-order valence-electron chi connectivity index (χ4n) is 1.97. The molecule has 0 fully saturated rings. The quantitative estimate of drug-likeness (QED) is 0.907. The minimum absolute atomic E-state index is 0.0888. The molecule has 0 aliphatic carbocycles. The average Bonchev–Trinajstić information content (AvgIpc) is 2.41. The van der Waals surface area contributed by atoms with E-state index in [-0.39, 0.29) is 24.6 Å². The van der Waals surface area contributed by atoms with Crippen molar-refractivity contribution in [2.24, 2.45) is 0 Å². The van der Waals surface area contributed by atoms with Crippen LogP contribution in [0.1, 0.15) is 17.5 Å². The molecule has 2 aromatic rings. The number of carbonyl (C=O) groups excluding carboxylic acids is 1. The normalized spacial score (nSPS) is 10.4. The second kappa shape index (κ2) is 7.02. The van der Waals surface area contributed by atoms with Crippen LogP contribution in [-0.2, 0) is 4.79 Å². The van der Waals surface area contributed by atoms with Crippen molar-refractivity contribution in [1.82, 2.24) is 0 Å². The molecular weight excluding hydrogens is 288 g/mol. The van der Waals surface area contributed by atoms with E-state index < -0.39 is 11.6 Å². The van der Waals surface area contributed by atoms with Crippen LogP contribution in [0.2, 0.25) is 0 Å².